The second kappa shape index (κ2) is 7.41. The monoisotopic (exact) mass is 350 g/mol. The van der Waals surface area contributed by atoms with Crippen molar-refractivity contribution in [3.05, 3.63) is 51.8 Å². The van der Waals surface area contributed by atoms with E-state index in [4.69, 9.17) is 4.74 Å². The fraction of sp³-hybridized carbons (Fsp3) is 0.375. The van der Waals surface area contributed by atoms with Gasteiger partial charge >= 0.3 is 5.97 Å². The highest BCUT2D eigenvalue weighted by atomic mass is 79.9. The van der Waals surface area contributed by atoms with Gasteiger partial charge in [0.1, 0.15) is 0 Å². The van der Waals surface area contributed by atoms with Crippen molar-refractivity contribution in [1.82, 2.24) is 9.78 Å². The summed E-state index contributed by atoms with van der Waals surface area (Å²) in [6.07, 6.45) is 1.80. The molecule has 1 aromatic heterocycles. The molecule has 5 heteroatoms. The molecule has 112 valence electrons. The zero-order chi connectivity index (χ0) is 15.2. The van der Waals surface area contributed by atoms with Crippen molar-refractivity contribution in [2.24, 2.45) is 0 Å². The minimum atomic E-state index is -0.338. The molecule has 0 spiro atoms. The number of aryl methyl sites for hydroxylation is 1. The maximum absolute atomic E-state index is 12.2. The van der Waals surface area contributed by atoms with Crippen LogP contribution in [0.3, 0.4) is 0 Å². The Morgan fingerprint density at radius 1 is 1.29 bits per heavy atom. The van der Waals surface area contributed by atoms with Crippen molar-refractivity contribution < 1.29 is 9.53 Å². The molecule has 1 heterocycles. The van der Waals surface area contributed by atoms with Crippen LogP contribution in [0.1, 0.15) is 42.0 Å². The van der Waals surface area contributed by atoms with Gasteiger partial charge in [-0.05, 0) is 34.8 Å². The number of nitrogens with zero attached hydrogens (tertiary/aromatic N) is 2. The van der Waals surface area contributed by atoms with Gasteiger partial charge in [0.25, 0.3) is 0 Å². The van der Waals surface area contributed by atoms with Gasteiger partial charge in [-0.1, -0.05) is 43.7 Å². The minimum absolute atomic E-state index is 0.338. The summed E-state index contributed by atoms with van der Waals surface area (Å²) in [6, 6.07) is 9.96. The first kappa shape index (κ1) is 15.8. The molecular weight excluding hydrogens is 332 g/mol. The number of carbonyl (C=O) groups excluding carboxylic acids is 1. The second-order valence-electron chi connectivity index (χ2n) is 4.72. The summed E-state index contributed by atoms with van der Waals surface area (Å²) in [4.78, 5) is 12.2. The van der Waals surface area contributed by atoms with Gasteiger partial charge in [-0.25, -0.2) is 4.79 Å². The van der Waals surface area contributed by atoms with E-state index in [1.165, 1.54) is 0 Å². The quantitative estimate of drug-likeness (QED) is 0.743. The molecule has 0 N–H and O–H groups in total. The Morgan fingerprint density at radius 3 is 2.62 bits per heavy atom. The Bertz CT molecular complexity index is 608. The number of benzene rings is 1. The molecule has 0 aliphatic rings. The van der Waals surface area contributed by atoms with Gasteiger partial charge in [-0.2, -0.15) is 5.10 Å². The Kier molecular flexibility index (Phi) is 5.56. The van der Waals surface area contributed by atoms with Gasteiger partial charge in [0.05, 0.1) is 23.3 Å². The maximum Gasteiger partial charge on any atom is 0.357 e. The molecule has 0 atom stereocenters. The number of ether oxygens (including phenoxy) is 1. The predicted octanol–water partition coefficient (Wildman–Crippen LogP) is 3.82. The molecule has 2 rings (SSSR count). The second-order valence-corrected chi connectivity index (χ2v) is 5.52. The molecule has 0 saturated heterocycles. The lowest BCUT2D eigenvalue weighted by molar-refractivity contribution is 0.0511. The van der Waals surface area contributed by atoms with Gasteiger partial charge < -0.3 is 4.74 Å². The number of carbonyl (C=O) groups is 1. The third kappa shape index (κ3) is 3.73. The molecule has 0 fully saturated rings. The average molecular weight is 351 g/mol. The number of rotatable bonds is 6. The van der Waals surface area contributed by atoms with E-state index in [1.807, 2.05) is 30.3 Å². The molecule has 0 saturated carbocycles. The van der Waals surface area contributed by atoms with Gasteiger partial charge in [0, 0.05) is 0 Å². The molecule has 0 radical (unpaired) electrons. The molecule has 2 aromatic rings. The van der Waals surface area contributed by atoms with Gasteiger partial charge in [0.2, 0.25) is 0 Å². The Morgan fingerprint density at radius 2 is 2.00 bits per heavy atom. The standard InChI is InChI=1S/C16H19BrN2O2/c1-3-8-13-14(17)15(16(20)21-4-2)19(18-13)11-12-9-6-5-7-10-12/h5-7,9-10H,3-4,8,11H2,1-2H3. The summed E-state index contributed by atoms with van der Waals surface area (Å²) in [5, 5.41) is 4.57. The highest BCUT2D eigenvalue weighted by Gasteiger charge is 2.22. The lowest BCUT2D eigenvalue weighted by Crippen LogP contribution is -2.14. The highest BCUT2D eigenvalue weighted by Crippen LogP contribution is 2.24. The van der Waals surface area contributed by atoms with Crippen LogP contribution in [0.4, 0.5) is 0 Å². The normalized spacial score (nSPS) is 10.6. The highest BCUT2D eigenvalue weighted by molar-refractivity contribution is 9.10. The first-order chi connectivity index (χ1) is 10.2. The van der Waals surface area contributed by atoms with Crippen molar-refractivity contribution in [2.45, 2.75) is 33.2 Å². The van der Waals surface area contributed by atoms with Crippen LogP contribution < -0.4 is 0 Å². The SMILES string of the molecule is CCCc1nn(Cc2ccccc2)c(C(=O)OCC)c1Br. The van der Waals surface area contributed by atoms with Crippen LogP contribution in [-0.2, 0) is 17.7 Å². The van der Waals surface area contributed by atoms with Crippen molar-refractivity contribution in [3.63, 3.8) is 0 Å². The smallest absolute Gasteiger partial charge is 0.357 e. The third-order valence-electron chi connectivity index (χ3n) is 3.09. The maximum atomic E-state index is 12.2. The van der Waals surface area contributed by atoms with E-state index >= 15 is 0 Å². The summed E-state index contributed by atoms with van der Waals surface area (Å²) in [7, 11) is 0. The zero-order valence-electron chi connectivity index (χ0n) is 12.3. The lowest BCUT2D eigenvalue weighted by atomic mass is 10.2. The van der Waals surface area contributed by atoms with Crippen LogP contribution in [0.25, 0.3) is 0 Å². The number of aromatic nitrogens is 2. The summed E-state index contributed by atoms with van der Waals surface area (Å²) in [5.41, 5.74) is 2.49. The van der Waals surface area contributed by atoms with E-state index < -0.39 is 0 Å². The van der Waals surface area contributed by atoms with Crippen LogP contribution in [0.15, 0.2) is 34.8 Å². The molecule has 0 aliphatic heterocycles. The van der Waals surface area contributed by atoms with Crippen molar-refractivity contribution in [3.8, 4) is 0 Å². The number of hydrogen-bond donors (Lipinski definition) is 0. The Hall–Kier alpha value is -1.62. The van der Waals surface area contributed by atoms with Gasteiger partial charge in [-0.15, -0.1) is 0 Å². The van der Waals surface area contributed by atoms with Crippen LogP contribution in [0, 0.1) is 0 Å². The number of hydrogen-bond acceptors (Lipinski definition) is 3. The van der Waals surface area contributed by atoms with E-state index in [2.05, 4.69) is 28.0 Å². The van der Waals surface area contributed by atoms with Crippen molar-refractivity contribution in [1.29, 1.82) is 0 Å². The van der Waals surface area contributed by atoms with E-state index in [-0.39, 0.29) is 5.97 Å². The fourth-order valence-electron chi connectivity index (χ4n) is 2.15. The first-order valence-corrected chi connectivity index (χ1v) is 7.92. The van der Waals surface area contributed by atoms with E-state index in [0.717, 1.165) is 28.6 Å². The average Bonchev–Trinajstić information content (AvgIpc) is 2.77. The van der Waals surface area contributed by atoms with Crippen molar-refractivity contribution in [2.75, 3.05) is 6.61 Å². The van der Waals surface area contributed by atoms with Gasteiger partial charge in [-0.3, -0.25) is 4.68 Å². The molecule has 21 heavy (non-hydrogen) atoms. The summed E-state index contributed by atoms with van der Waals surface area (Å²) in [6.45, 7) is 4.80. The van der Waals surface area contributed by atoms with Crippen molar-refractivity contribution >= 4 is 21.9 Å². The van der Waals surface area contributed by atoms with Crippen LogP contribution in [0.2, 0.25) is 0 Å². The molecule has 0 bridgehead atoms. The summed E-state index contributed by atoms with van der Waals surface area (Å²) >= 11 is 3.50. The molecule has 1 aromatic carbocycles. The first-order valence-electron chi connectivity index (χ1n) is 7.13. The van der Waals surface area contributed by atoms with E-state index in [9.17, 15) is 4.79 Å². The summed E-state index contributed by atoms with van der Waals surface area (Å²) in [5.74, 6) is -0.338. The van der Waals surface area contributed by atoms with Gasteiger partial charge in [0.15, 0.2) is 5.69 Å². The van der Waals surface area contributed by atoms with E-state index in [0.29, 0.717) is 18.8 Å². The molecule has 4 nitrogen and oxygen atoms in total. The molecule has 0 amide bonds. The zero-order valence-corrected chi connectivity index (χ0v) is 13.9. The fourth-order valence-corrected chi connectivity index (χ4v) is 2.80. The van der Waals surface area contributed by atoms with Crippen LogP contribution >= 0.6 is 15.9 Å². The predicted molar refractivity (Wildman–Crippen MR) is 85.4 cm³/mol. The Labute approximate surface area is 133 Å². The topological polar surface area (TPSA) is 44.1 Å². The summed E-state index contributed by atoms with van der Waals surface area (Å²) < 4.78 is 7.62. The van der Waals surface area contributed by atoms with Crippen LogP contribution in [0.5, 0.6) is 0 Å². The largest absolute Gasteiger partial charge is 0.461 e. The Balaban J connectivity index is 2.38. The number of esters is 1. The molecule has 0 aliphatic carbocycles. The van der Waals surface area contributed by atoms with E-state index in [1.54, 1.807) is 11.6 Å². The third-order valence-corrected chi connectivity index (χ3v) is 3.92. The molecular formula is C16H19BrN2O2. The molecule has 0 unspecified atom stereocenters. The minimum Gasteiger partial charge on any atom is -0.461 e. The van der Waals surface area contributed by atoms with Crippen LogP contribution in [-0.4, -0.2) is 22.4 Å². The number of halogens is 1. The lowest BCUT2D eigenvalue weighted by Gasteiger charge is -2.07.